The zero-order valence-corrected chi connectivity index (χ0v) is 31.2. The van der Waals surface area contributed by atoms with E-state index in [-0.39, 0.29) is 10.8 Å². The third-order valence-electron chi connectivity index (χ3n) is 12.2. The monoisotopic (exact) mass is 694 g/mol. The van der Waals surface area contributed by atoms with Gasteiger partial charge in [0, 0.05) is 39.1 Å². The third kappa shape index (κ3) is 4.87. The third-order valence-corrected chi connectivity index (χ3v) is 12.2. The second kappa shape index (κ2) is 11.8. The van der Waals surface area contributed by atoms with Crippen LogP contribution in [-0.4, -0.2) is 0 Å². The fourth-order valence-corrected chi connectivity index (χ4v) is 9.31. The SMILES string of the molecule is CC1(C)c2ccccc2-c2ccc(N(c3cc(-c4ccccc4)cc(-c4cc5ccccc5cc4N)c3)c3ccc4c(c3)C(C)(C)c3ccccc3-4)cc21. The van der Waals surface area contributed by atoms with E-state index >= 15 is 0 Å². The highest BCUT2D eigenvalue weighted by Gasteiger charge is 2.37. The maximum absolute atomic E-state index is 6.91. The van der Waals surface area contributed by atoms with E-state index in [1.165, 1.54) is 49.9 Å². The molecule has 0 bridgehead atoms. The molecule has 0 fully saturated rings. The van der Waals surface area contributed by atoms with Crippen molar-refractivity contribution in [2.75, 3.05) is 10.6 Å². The molecule has 0 unspecified atom stereocenters. The molecule has 2 aliphatic carbocycles. The molecule has 8 aromatic rings. The summed E-state index contributed by atoms with van der Waals surface area (Å²) in [4.78, 5) is 2.46. The lowest BCUT2D eigenvalue weighted by Crippen LogP contribution is -2.18. The van der Waals surface area contributed by atoms with Gasteiger partial charge in [-0.05, 0) is 127 Å². The molecule has 2 nitrogen and oxygen atoms in total. The first-order chi connectivity index (χ1) is 26.2. The molecule has 2 heteroatoms. The number of nitrogens with two attached hydrogens (primary N) is 1. The van der Waals surface area contributed by atoms with Gasteiger partial charge in [-0.1, -0.05) is 143 Å². The lowest BCUT2D eigenvalue weighted by Gasteiger charge is -2.30. The van der Waals surface area contributed by atoms with Gasteiger partial charge in [0.05, 0.1) is 0 Å². The van der Waals surface area contributed by atoms with Crippen LogP contribution >= 0.6 is 0 Å². The van der Waals surface area contributed by atoms with Crippen LogP contribution in [0.15, 0.2) is 170 Å². The van der Waals surface area contributed by atoms with Gasteiger partial charge in [0.25, 0.3) is 0 Å². The number of anilines is 4. The Morgan fingerprint density at radius 2 is 0.833 bits per heavy atom. The van der Waals surface area contributed by atoms with Gasteiger partial charge in [-0.3, -0.25) is 0 Å². The van der Waals surface area contributed by atoms with Crippen LogP contribution in [0.4, 0.5) is 22.7 Å². The highest BCUT2D eigenvalue weighted by molar-refractivity contribution is 5.96. The van der Waals surface area contributed by atoms with E-state index < -0.39 is 0 Å². The summed E-state index contributed by atoms with van der Waals surface area (Å²) in [6.07, 6.45) is 0. The molecule has 0 radical (unpaired) electrons. The van der Waals surface area contributed by atoms with Crippen molar-refractivity contribution >= 4 is 33.5 Å². The number of fused-ring (bicyclic) bond motifs is 7. The van der Waals surface area contributed by atoms with Crippen molar-refractivity contribution in [3.05, 3.63) is 192 Å². The van der Waals surface area contributed by atoms with Crippen LogP contribution in [-0.2, 0) is 10.8 Å². The Morgan fingerprint density at radius 1 is 0.352 bits per heavy atom. The first-order valence-electron chi connectivity index (χ1n) is 19.0. The molecular formula is C52H42N2. The number of nitrogen functional groups attached to an aromatic ring is 1. The van der Waals surface area contributed by atoms with Crippen molar-refractivity contribution < 1.29 is 0 Å². The predicted molar refractivity (Wildman–Crippen MR) is 229 cm³/mol. The molecule has 260 valence electrons. The standard InChI is InChI=1S/C52H42N2/c1-51(2)46-20-12-10-18-41(46)43-24-22-38(31-48(43)51)54(39-23-25-44-42-19-11-13-21-47(42)52(3,4)49(44)32-39)40-27-36(33-14-6-5-7-15-33)26-37(28-40)45-29-34-16-8-9-17-35(34)30-50(45)53/h5-32H,53H2,1-4H3. The van der Waals surface area contributed by atoms with E-state index in [0.717, 1.165) is 50.4 Å². The van der Waals surface area contributed by atoms with Crippen LogP contribution < -0.4 is 10.6 Å². The largest absolute Gasteiger partial charge is 0.398 e. The molecule has 0 atom stereocenters. The van der Waals surface area contributed by atoms with Gasteiger partial charge in [-0.15, -0.1) is 0 Å². The Hall–Kier alpha value is -6.38. The van der Waals surface area contributed by atoms with Crippen LogP contribution in [0.3, 0.4) is 0 Å². The molecule has 0 amide bonds. The number of hydrogen-bond donors (Lipinski definition) is 1. The first kappa shape index (κ1) is 32.3. The molecule has 10 rings (SSSR count). The van der Waals surface area contributed by atoms with E-state index in [9.17, 15) is 0 Å². The molecule has 0 aromatic heterocycles. The second-order valence-corrected chi connectivity index (χ2v) is 16.1. The number of rotatable bonds is 5. The Balaban J connectivity index is 1.23. The van der Waals surface area contributed by atoms with Crippen molar-refractivity contribution in [1.29, 1.82) is 0 Å². The summed E-state index contributed by atoms with van der Waals surface area (Å²) in [5.74, 6) is 0. The summed E-state index contributed by atoms with van der Waals surface area (Å²) in [6.45, 7) is 9.43. The van der Waals surface area contributed by atoms with E-state index in [4.69, 9.17) is 5.73 Å². The summed E-state index contributed by atoms with van der Waals surface area (Å²) >= 11 is 0. The van der Waals surface area contributed by atoms with E-state index in [2.05, 4.69) is 202 Å². The molecule has 0 saturated heterocycles. The fourth-order valence-electron chi connectivity index (χ4n) is 9.31. The summed E-state index contributed by atoms with van der Waals surface area (Å²) in [7, 11) is 0. The molecule has 2 N–H and O–H groups in total. The summed E-state index contributed by atoms with van der Waals surface area (Å²) in [5, 5.41) is 2.31. The minimum absolute atomic E-state index is 0.133. The highest BCUT2D eigenvalue weighted by atomic mass is 15.1. The summed E-state index contributed by atoms with van der Waals surface area (Å²) in [6, 6.07) is 62.4. The molecule has 0 aliphatic heterocycles. The minimum atomic E-state index is -0.133. The van der Waals surface area contributed by atoms with Crippen LogP contribution in [0.2, 0.25) is 0 Å². The van der Waals surface area contributed by atoms with E-state index in [1.54, 1.807) is 0 Å². The lowest BCUT2D eigenvalue weighted by atomic mass is 9.82. The Labute approximate surface area is 318 Å². The van der Waals surface area contributed by atoms with Gasteiger partial charge in [-0.25, -0.2) is 0 Å². The number of nitrogens with zero attached hydrogens (tertiary/aromatic N) is 1. The molecule has 0 spiro atoms. The van der Waals surface area contributed by atoms with Crippen LogP contribution in [0.5, 0.6) is 0 Å². The summed E-state index contributed by atoms with van der Waals surface area (Å²) < 4.78 is 0. The maximum atomic E-state index is 6.91. The molecule has 0 heterocycles. The van der Waals surface area contributed by atoms with Crippen molar-refractivity contribution in [2.24, 2.45) is 0 Å². The number of hydrogen-bond acceptors (Lipinski definition) is 2. The van der Waals surface area contributed by atoms with Crippen LogP contribution in [0, 0.1) is 0 Å². The average molecular weight is 695 g/mol. The highest BCUT2D eigenvalue weighted by Crippen LogP contribution is 2.53. The van der Waals surface area contributed by atoms with E-state index in [1.807, 2.05) is 0 Å². The maximum Gasteiger partial charge on any atom is 0.0473 e. The normalized spacial score (nSPS) is 14.3. The fraction of sp³-hybridized carbons (Fsp3) is 0.115. The smallest absolute Gasteiger partial charge is 0.0473 e. The van der Waals surface area contributed by atoms with Gasteiger partial charge in [0.1, 0.15) is 0 Å². The van der Waals surface area contributed by atoms with Crippen LogP contribution in [0.25, 0.3) is 55.3 Å². The van der Waals surface area contributed by atoms with Gasteiger partial charge in [0.2, 0.25) is 0 Å². The molecule has 0 saturated carbocycles. The molecular weight excluding hydrogens is 653 g/mol. The Morgan fingerprint density at radius 3 is 1.43 bits per heavy atom. The van der Waals surface area contributed by atoms with Crippen molar-refractivity contribution in [1.82, 2.24) is 0 Å². The minimum Gasteiger partial charge on any atom is -0.398 e. The first-order valence-corrected chi connectivity index (χ1v) is 19.0. The lowest BCUT2D eigenvalue weighted by molar-refractivity contribution is 0.660. The van der Waals surface area contributed by atoms with Crippen molar-refractivity contribution in [2.45, 2.75) is 38.5 Å². The van der Waals surface area contributed by atoms with Gasteiger partial charge < -0.3 is 10.6 Å². The molecule has 54 heavy (non-hydrogen) atoms. The summed E-state index contributed by atoms with van der Waals surface area (Å²) in [5.41, 5.74) is 25.9. The zero-order chi connectivity index (χ0) is 36.8. The van der Waals surface area contributed by atoms with E-state index in [0.29, 0.717) is 0 Å². The number of benzene rings is 8. The van der Waals surface area contributed by atoms with Crippen molar-refractivity contribution in [3.8, 4) is 44.5 Å². The second-order valence-electron chi connectivity index (χ2n) is 16.1. The Bertz CT molecular complexity index is 2680. The quantitative estimate of drug-likeness (QED) is 0.182. The molecule has 8 aromatic carbocycles. The Kier molecular flexibility index (Phi) is 7.06. The van der Waals surface area contributed by atoms with Crippen LogP contribution in [0.1, 0.15) is 49.9 Å². The zero-order valence-electron chi connectivity index (χ0n) is 31.2. The van der Waals surface area contributed by atoms with Gasteiger partial charge in [0.15, 0.2) is 0 Å². The topological polar surface area (TPSA) is 29.3 Å². The van der Waals surface area contributed by atoms with Gasteiger partial charge in [-0.2, -0.15) is 0 Å². The predicted octanol–water partition coefficient (Wildman–Crippen LogP) is 13.8. The molecule has 2 aliphatic rings. The van der Waals surface area contributed by atoms with Crippen molar-refractivity contribution in [3.63, 3.8) is 0 Å². The van der Waals surface area contributed by atoms with Gasteiger partial charge >= 0.3 is 0 Å². The average Bonchev–Trinajstić information content (AvgIpc) is 3.57.